The average Bonchev–Trinajstić information content (AvgIpc) is 1.95. The normalized spacial score (nSPS) is 10.6. The number of carbonyl (C=O) groups is 1. The van der Waals surface area contributed by atoms with E-state index in [-0.39, 0.29) is 6.61 Å². The molecule has 0 aliphatic heterocycles. The quantitative estimate of drug-likeness (QED) is 0.600. The first-order valence-corrected chi connectivity index (χ1v) is 4.42. The van der Waals surface area contributed by atoms with Crippen LogP contribution in [0.3, 0.4) is 0 Å². The van der Waals surface area contributed by atoms with E-state index in [1.165, 1.54) is 6.42 Å². The summed E-state index contributed by atoms with van der Waals surface area (Å²) in [4.78, 5) is 10.0. The lowest BCUT2D eigenvalue weighted by atomic mass is 10.1. The lowest BCUT2D eigenvalue weighted by molar-refractivity contribution is -0.142. The Morgan fingerprint density at radius 1 is 1.42 bits per heavy atom. The largest absolute Gasteiger partial charge is 0.480 e. The number of carboxylic acids is 1. The molecule has 1 N–H and O–H groups in total. The fourth-order valence-corrected chi connectivity index (χ4v) is 0.916. The van der Waals surface area contributed by atoms with Crippen LogP contribution >= 0.6 is 0 Å². The molecule has 3 heteroatoms. The molecule has 72 valence electrons. The Kier molecular flexibility index (Phi) is 6.76. The van der Waals surface area contributed by atoms with Crippen molar-refractivity contribution in [2.24, 2.45) is 5.92 Å². The molecule has 0 saturated heterocycles. The molecule has 3 nitrogen and oxygen atoms in total. The second kappa shape index (κ2) is 7.10. The molecule has 0 rings (SSSR count). The van der Waals surface area contributed by atoms with Crippen LogP contribution in [0.15, 0.2) is 0 Å². The van der Waals surface area contributed by atoms with Gasteiger partial charge in [0.05, 0.1) is 0 Å². The fourth-order valence-electron chi connectivity index (χ4n) is 0.916. The van der Waals surface area contributed by atoms with Gasteiger partial charge in [-0.05, 0) is 12.3 Å². The molecule has 0 aromatic rings. The molecule has 0 aliphatic rings. The van der Waals surface area contributed by atoms with Gasteiger partial charge in [-0.25, -0.2) is 4.79 Å². The van der Waals surface area contributed by atoms with Crippen LogP contribution in [0.4, 0.5) is 0 Å². The van der Waals surface area contributed by atoms with Crippen LogP contribution < -0.4 is 0 Å². The fraction of sp³-hybridized carbons (Fsp3) is 0.889. The third kappa shape index (κ3) is 9.43. The van der Waals surface area contributed by atoms with E-state index >= 15 is 0 Å². The Hall–Kier alpha value is -0.570. The van der Waals surface area contributed by atoms with E-state index in [4.69, 9.17) is 9.84 Å². The lowest BCUT2D eigenvalue weighted by Crippen LogP contribution is -2.07. The van der Waals surface area contributed by atoms with E-state index in [2.05, 4.69) is 13.8 Å². The molecule has 0 spiro atoms. The van der Waals surface area contributed by atoms with Gasteiger partial charge in [-0.2, -0.15) is 0 Å². The van der Waals surface area contributed by atoms with Gasteiger partial charge in [-0.1, -0.05) is 26.7 Å². The summed E-state index contributed by atoms with van der Waals surface area (Å²) in [6, 6.07) is 0. The van der Waals surface area contributed by atoms with Gasteiger partial charge in [0.2, 0.25) is 0 Å². The predicted molar refractivity (Wildman–Crippen MR) is 47.1 cm³/mol. The number of carboxylic acid groups (broad SMARTS) is 1. The molecule has 0 fully saturated rings. The average molecular weight is 174 g/mol. The molecular formula is C9H18O3. The summed E-state index contributed by atoms with van der Waals surface area (Å²) in [7, 11) is 0. The molecule has 0 saturated carbocycles. The van der Waals surface area contributed by atoms with Crippen LogP contribution in [-0.2, 0) is 9.53 Å². The second-order valence-electron chi connectivity index (χ2n) is 3.34. The third-order valence-electron chi connectivity index (χ3n) is 1.55. The van der Waals surface area contributed by atoms with E-state index in [1.54, 1.807) is 0 Å². The summed E-state index contributed by atoms with van der Waals surface area (Å²) in [6.45, 7) is 4.76. The number of ether oxygens (including phenoxy) is 1. The summed E-state index contributed by atoms with van der Waals surface area (Å²) in [5.74, 6) is -0.164. The topological polar surface area (TPSA) is 46.5 Å². The van der Waals surface area contributed by atoms with Gasteiger partial charge in [0, 0.05) is 6.61 Å². The number of hydrogen-bond acceptors (Lipinski definition) is 2. The Labute approximate surface area is 73.7 Å². The lowest BCUT2D eigenvalue weighted by Gasteiger charge is -2.03. The van der Waals surface area contributed by atoms with Crippen LogP contribution in [0.5, 0.6) is 0 Å². The molecule has 0 aromatic heterocycles. The van der Waals surface area contributed by atoms with Crippen LogP contribution in [0.1, 0.15) is 33.1 Å². The molecule has 0 bridgehead atoms. The Morgan fingerprint density at radius 3 is 2.58 bits per heavy atom. The SMILES string of the molecule is CC(C)CCCCOCC(=O)O. The maximum atomic E-state index is 10.0. The van der Waals surface area contributed by atoms with E-state index in [1.807, 2.05) is 0 Å². The summed E-state index contributed by atoms with van der Waals surface area (Å²) in [6.07, 6.45) is 3.28. The Morgan fingerprint density at radius 2 is 2.08 bits per heavy atom. The molecule has 0 amide bonds. The van der Waals surface area contributed by atoms with Gasteiger partial charge in [-0.3, -0.25) is 0 Å². The van der Waals surface area contributed by atoms with Crippen molar-refractivity contribution in [3.05, 3.63) is 0 Å². The van der Waals surface area contributed by atoms with Crippen molar-refractivity contribution in [3.63, 3.8) is 0 Å². The maximum Gasteiger partial charge on any atom is 0.329 e. The predicted octanol–water partition coefficient (Wildman–Crippen LogP) is 1.91. The van der Waals surface area contributed by atoms with Gasteiger partial charge < -0.3 is 9.84 Å². The highest BCUT2D eigenvalue weighted by Crippen LogP contribution is 2.05. The highest BCUT2D eigenvalue weighted by atomic mass is 16.5. The van der Waals surface area contributed by atoms with Gasteiger partial charge in [0.15, 0.2) is 0 Å². The first-order valence-electron chi connectivity index (χ1n) is 4.42. The van der Waals surface area contributed by atoms with E-state index in [0.29, 0.717) is 6.61 Å². The molecule has 12 heavy (non-hydrogen) atoms. The van der Waals surface area contributed by atoms with Crippen molar-refractivity contribution >= 4 is 5.97 Å². The Bertz CT molecular complexity index is 121. The molecule has 0 atom stereocenters. The number of unbranched alkanes of at least 4 members (excludes halogenated alkanes) is 1. The minimum absolute atomic E-state index is 0.165. The van der Waals surface area contributed by atoms with Crippen LogP contribution in [0, 0.1) is 5.92 Å². The van der Waals surface area contributed by atoms with Crippen LogP contribution in [0.25, 0.3) is 0 Å². The van der Waals surface area contributed by atoms with Gasteiger partial charge >= 0.3 is 5.97 Å². The Balaban J connectivity index is 2.96. The first kappa shape index (κ1) is 11.4. The van der Waals surface area contributed by atoms with Gasteiger partial charge in [0.1, 0.15) is 6.61 Å². The number of hydrogen-bond donors (Lipinski definition) is 1. The molecule has 0 radical (unpaired) electrons. The van der Waals surface area contributed by atoms with Gasteiger partial charge in [-0.15, -0.1) is 0 Å². The standard InChI is InChI=1S/C9H18O3/c1-8(2)5-3-4-6-12-7-9(10)11/h8H,3-7H2,1-2H3,(H,10,11). The highest BCUT2D eigenvalue weighted by molar-refractivity contribution is 5.67. The molecule has 0 heterocycles. The minimum Gasteiger partial charge on any atom is -0.480 e. The molecular weight excluding hydrogens is 156 g/mol. The summed E-state index contributed by atoms with van der Waals surface area (Å²) < 4.78 is 4.88. The first-order chi connectivity index (χ1) is 5.63. The minimum atomic E-state index is -0.890. The van der Waals surface area contributed by atoms with Crippen molar-refractivity contribution < 1.29 is 14.6 Å². The second-order valence-corrected chi connectivity index (χ2v) is 3.34. The summed E-state index contributed by atoms with van der Waals surface area (Å²) >= 11 is 0. The highest BCUT2D eigenvalue weighted by Gasteiger charge is 1.96. The van der Waals surface area contributed by atoms with E-state index < -0.39 is 5.97 Å². The number of rotatable bonds is 7. The molecule has 0 aliphatic carbocycles. The number of aliphatic carboxylic acids is 1. The smallest absolute Gasteiger partial charge is 0.329 e. The van der Waals surface area contributed by atoms with Crippen LogP contribution in [-0.4, -0.2) is 24.3 Å². The van der Waals surface area contributed by atoms with E-state index in [9.17, 15) is 4.79 Å². The third-order valence-corrected chi connectivity index (χ3v) is 1.55. The summed E-state index contributed by atoms with van der Waals surface area (Å²) in [5.41, 5.74) is 0. The van der Waals surface area contributed by atoms with Crippen molar-refractivity contribution in [2.45, 2.75) is 33.1 Å². The van der Waals surface area contributed by atoms with Crippen molar-refractivity contribution in [1.82, 2.24) is 0 Å². The van der Waals surface area contributed by atoms with Crippen LogP contribution in [0.2, 0.25) is 0 Å². The zero-order valence-corrected chi connectivity index (χ0v) is 7.88. The summed E-state index contributed by atoms with van der Waals surface area (Å²) in [5, 5.41) is 8.23. The zero-order valence-electron chi connectivity index (χ0n) is 7.88. The molecule has 0 aromatic carbocycles. The zero-order chi connectivity index (χ0) is 9.40. The van der Waals surface area contributed by atoms with Gasteiger partial charge in [0.25, 0.3) is 0 Å². The van der Waals surface area contributed by atoms with Crippen molar-refractivity contribution in [3.8, 4) is 0 Å². The van der Waals surface area contributed by atoms with Crippen molar-refractivity contribution in [1.29, 1.82) is 0 Å². The molecule has 0 unspecified atom stereocenters. The maximum absolute atomic E-state index is 10.0. The monoisotopic (exact) mass is 174 g/mol. The van der Waals surface area contributed by atoms with Crippen molar-refractivity contribution in [2.75, 3.05) is 13.2 Å². The van der Waals surface area contributed by atoms with E-state index in [0.717, 1.165) is 18.8 Å².